The molecule has 0 saturated carbocycles. The molecule has 0 saturated heterocycles. The van der Waals surface area contributed by atoms with Crippen molar-refractivity contribution < 1.29 is 9.84 Å². The molecule has 1 aromatic heterocycles. The topological polar surface area (TPSA) is 54.4 Å². The van der Waals surface area contributed by atoms with Crippen molar-refractivity contribution >= 4 is 5.82 Å². The van der Waals surface area contributed by atoms with Gasteiger partial charge in [0.1, 0.15) is 0 Å². The van der Waals surface area contributed by atoms with Crippen molar-refractivity contribution in [2.24, 2.45) is 0 Å². The van der Waals surface area contributed by atoms with Gasteiger partial charge in [0.25, 0.3) is 0 Å². The first kappa shape index (κ1) is 10.8. The highest BCUT2D eigenvalue weighted by molar-refractivity contribution is 5.49. The van der Waals surface area contributed by atoms with Crippen molar-refractivity contribution in [2.45, 2.75) is 19.9 Å². The van der Waals surface area contributed by atoms with Crippen LogP contribution in [0.15, 0.2) is 18.3 Å². The Balaban J connectivity index is 2.73. The zero-order chi connectivity index (χ0) is 10.4. The lowest BCUT2D eigenvalue weighted by Crippen LogP contribution is -2.20. The Labute approximate surface area is 83.9 Å². The van der Waals surface area contributed by atoms with Crippen LogP contribution < -0.4 is 10.1 Å². The van der Waals surface area contributed by atoms with Gasteiger partial charge >= 0.3 is 0 Å². The van der Waals surface area contributed by atoms with Gasteiger partial charge < -0.3 is 15.2 Å². The SMILES string of the molecule is CCOc1cccnc1NC(C)CO. The molecule has 0 spiro atoms. The summed E-state index contributed by atoms with van der Waals surface area (Å²) in [6, 6.07) is 3.65. The number of aliphatic hydroxyl groups is 1. The Hall–Kier alpha value is -1.29. The van der Waals surface area contributed by atoms with E-state index < -0.39 is 0 Å². The van der Waals surface area contributed by atoms with Gasteiger partial charge in [0.2, 0.25) is 0 Å². The first-order valence-corrected chi connectivity index (χ1v) is 4.73. The van der Waals surface area contributed by atoms with E-state index in [0.29, 0.717) is 12.4 Å². The number of anilines is 1. The predicted octanol–water partition coefficient (Wildman–Crippen LogP) is 1.27. The summed E-state index contributed by atoms with van der Waals surface area (Å²) < 4.78 is 5.38. The van der Waals surface area contributed by atoms with Crippen molar-refractivity contribution in [3.8, 4) is 5.75 Å². The average molecular weight is 196 g/mol. The van der Waals surface area contributed by atoms with E-state index in [1.54, 1.807) is 6.20 Å². The van der Waals surface area contributed by atoms with Crippen molar-refractivity contribution in [3.63, 3.8) is 0 Å². The molecule has 14 heavy (non-hydrogen) atoms. The van der Waals surface area contributed by atoms with E-state index in [4.69, 9.17) is 9.84 Å². The van der Waals surface area contributed by atoms with Crippen molar-refractivity contribution in [3.05, 3.63) is 18.3 Å². The molecule has 4 nitrogen and oxygen atoms in total. The summed E-state index contributed by atoms with van der Waals surface area (Å²) in [7, 11) is 0. The second kappa shape index (κ2) is 5.44. The summed E-state index contributed by atoms with van der Waals surface area (Å²) >= 11 is 0. The Morgan fingerprint density at radius 1 is 1.64 bits per heavy atom. The minimum atomic E-state index is -0.0240. The minimum absolute atomic E-state index is 0.0240. The van der Waals surface area contributed by atoms with Crippen LogP contribution >= 0.6 is 0 Å². The average Bonchev–Trinajstić information content (AvgIpc) is 2.21. The molecule has 1 aromatic rings. The molecular formula is C10H16N2O2. The van der Waals surface area contributed by atoms with Gasteiger partial charge in [0.15, 0.2) is 11.6 Å². The molecule has 0 aromatic carbocycles. The van der Waals surface area contributed by atoms with Crippen molar-refractivity contribution in [2.75, 3.05) is 18.5 Å². The number of hydrogen-bond acceptors (Lipinski definition) is 4. The molecule has 0 amide bonds. The molecule has 2 N–H and O–H groups in total. The molecule has 1 heterocycles. The Morgan fingerprint density at radius 3 is 3.07 bits per heavy atom. The number of nitrogens with zero attached hydrogens (tertiary/aromatic N) is 1. The van der Waals surface area contributed by atoms with Gasteiger partial charge in [-0.15, -0.1) is 0 Å². The number of aliphatic hydroxyl groups excluding tert-OH is 1. The van der Waals surface area contributed by atoms with E-state index in [1.807, 2.05) is 26.0 Å². The van der Waals surface area contributed by atoms with Gasteiger partial charge in [-0.3, -0.25) is 0 Å². The molecule has 0 aliphatic heterocycles. The maximum Gasteiger partial charge on any atom is 0.169 e. The van der Waals surface area contributed by atoms with E-state index >= 15 is 0 Å². The van der Waals surface area contributed by atoms with Crippen molar-refractivity contribution in [1.82, 2.24) is 4.98 Å². The van der Waals surface area contributed by atoms with Crippen LogP contribution in [0.4, 0.5) is 5.82 Å². The molecular weight excluding hydrogens is 180 g/mol. The summed E-state index contributed by atoms with van der Waals surface area (Å²) in [4.78, 5) is 4.14. The van der Waals surface area contributed by atoms with E-state index in [9.17, 15) is 0 Å². The van der Waals surface area contributed by atoms with Gasteiger partial charge in [0.05, 0.1) is 13.2 Å². The highest BCUT2D eigenvalue weighted by Crippen LogP contribution is 2.21. The number of nitrogens with one attached hydrogen (secondary N) is 1. The van der Waals surface area contributed by atoms with Crippen molar-refractivity contribution in [1.29, 1.82) is 0 Å². The predicted molar refractivity (Wildman–Crippen MR) is 55.6 cm³/mol. The standard InChI is InChI=1S/C10H16N2O2/c1-3-14-9-5-4-6-11-10(9)12-8(2)7-13/h4-6,8,13H,3,7H2,1-2H3,(H,11,12). The number of aromatic nitrogens is 1. The first-order valence-electron chi connectivity index (χ1n) is 4.73. The van der Waals surface area contributed by atoms with Crippen LogP contribution in [-0.4, -0.2) is 29.3 Å². The normalized spacial score (nSPS) is 12.2. The number of hydrogen-bond donors (Lipinski definition) is 2. The minimum Gasteiger partial charge on any atom is -0.490 e. The van der Waals surface area contributed by atoms with Gasteiger partial charge in [-0.05, 0) is 26.0 Å². The lowest BCUT2D eigenvalue weighted by molar-refractivity contribution is 0.280. The zero-order valence-electron chi connectivity index (χ0n) is 8.53. The molecule has 1 atom stereocenters. The smallest absolute Gasteiger partial charge is 0.169 e. The second-order valence-corrected chi connectivity index (χ2v) is 3.01. The van der Waals surface area contributed by atoms with Crippen LogP contribution in [0, 0.1) is 0 Å². The number of pyridine rings is 1. The fraction of sp³-hybridized carbons (Fsp3) is 0.500. The summed E-state index contributed by atoms with van der Waals surface area (Å²) in [5.74, 6) is 1.39. The summed E-state index contributed by atoms with van der Waals surface area (Å²) in [6.45, 7) is 4.48. The third-order valence-corrected chi connectivity index (χ3v) is 1.73. The maximum atomic E-state index is 8.89. The van der Waals surface area contributed by atoms with Crippen LogP contribution in [0.3, 0.4) is 0 Å². The van der Waals surface area contributed by atoms with Crippen LogP contribution in [0.1, 0.15) is 13.8 Å². The lowest BCUT2D eigenvalue weighted by atomic mass is 10.3. The fourth-order valence-electron chi connectivity index (χ4n) is 1.05. The summed E-state index contributed by atoms with van der Waals surface area (Å²) in [6.07, 6.45) is 1.69. The highest BCUT2D eigenvalue weighted by atomic mass is 16.5. The quantitative estimate of drug-likeness (QED) is 0.744. The molecule has 0 radical (unpaired) electrons. The van der Waals surface area contributed by atoms with Gasteiger partial charge in [-0.2, -0.15) is 0 Å². The molecule has 0 fully saturated rings. The van der Waals surface area contributed by atoms with E-state index in [0.717, 1.165) is 5.75 Å². The summed E-state index contributed by atoms with van der Waals surface area (Å²) in [5, 5.41) is 11.9. The zero-order valence-corrected chi connectivity index (χ0v) is 8.53. The first-order chi connectivity index (χ1) is 6.77. The van der Waals surface area contributed by atoms with E-state index in [2.05, 4.69) is 10.3 Å². The molecule has 0 aliphatic rings. The van der Waals surface area contributed by atoms with E-state index in [1.165, 1.54) is 0 Å². The Bertz CT molecular complexity index is 279. The largest absolute Gasteiger partial charge is 0.490 e. The van der Waals surface area contributed by atoms with Gasteiger partial charge in [0, 0.05) is 12.2 Å². The van der Waals surface area contributed by atoms with Crippen LogP contribution in [0.25, 0.3) is 0 Å². The molecule has 78 valence electrons. The molecule has 0 aliphatic carbocycles. The van der Waals surface area contributed by atoms with Gasteiger partial charge in [-0.25, -0.2) is 4.98 Å². The van der Waals surface area contributed by atoms with Gasteiger partial charge in [-0.1, -0.05) is 0 Å². The number of ether oxygens (including phenoxy) is 1. The Kier molecular flexibility index (Phi) is 4.19. The second-order valence-electron chi connectivity index (χ2n) is 3.01. The number of rotatable bonds is 5. The molecule has 4 heteroatoms. The summed E-state index contributed by atoms with van der Waals surface area (Å²) in [5.41, 5.74) is 0. The van der Waals surface area contributed by atoms with Crippen LogP contribution in [0.5, 0.6) is 5.75 Å². The fourth-order valence-corrected chi connectivity index (χ4v) is 1.05. The maximum absolute atomic E-state index is 8.89. The molecule has 1 rings (SSSR count). The third-order valence-electron chi connectivity index (χ3n) is 1.73. The monoisotopic (exact) mass is 196 g/mol. The lowest BCUT2D eigenvalue weighted by Gasteiger charge is -2.14. The Morgan fingerprint density at radius 2 is 2.43 bits per heavy atom. The highest BCUT2D eigenvalue weighted by Gasteiger charge is 2.06. The molecule has 0 bridgehead atoms. The van der Waals surface area contributed by atoms with Crippen LogP contribution in [0.2, 0.25) is 0 Å². The van der Waals surface area contributed by atoms with Crippen LogP contribution in [-0.2, 0) is 0 Å². The third kappa shape index (κ3) is 2.88. The molecule has 1 unspecified atom stereocenters. The van der Waals surface area contributed by atoms with E-state index in [-0.39, 0.29) is 12.6 Å².